The average Bonchev–Trinajstić information content (AvgIpc) is 2.53. The van der Waals surface area contributed by atoms with Crippen molar-refractivity contribution in [3.63, 3.8) is 0 Å². The first-order chi connectivity index (χ1) is 10.2. The number of ether oxygens (including phenoxy) is 1. The minimum atomic E-state index is -0.748. The number of nitrogens with zero attached hydrogens (tertiary/aromatic N) is 1. The molecule has 0 aliphatic heterocycles. The van der Waals surface area contributed by atoms with Crippen molar-refractivity contribution in [3.8, 4) is 5.75 Å². The van der Waals surface area contributed by atoms with Gasteiger partial charge >= 0.3 is 0 Å². The van der Waals surface area contributed by atoms with Gasteiger partial charge in [-0.2, -0.15) is 0 Å². The van der Waals surface area contributed by atoms with Crippen molar-refractivity contribution in [1.82, 2.24) is 4.98 Å². The van der Waals surface area contributed by atoms with Crippen molar-refractivity contribution < 1.29 is 9.84 Å². The molecule has 0 saturated carbocycles. The standard InChI is InChI=1S/C18H17NO2/c1-12-11-14(21-2)7-8-15(12)18(20)17-16-6-4-3-5-13(16)9-10-19-17/h3-11,18,20H,1-2H3. The number of pyridine rings is 1. The van der Waals surface area contributed by atoms with Gasteiger partial charge in [-0.25, -0.2) is 0 Å². The highest BCUT2D eigenvalue weighted by Gasteiger charge is 2.17. The van der Waals surface area contributed by atoms with Gasteiger partial charge in [-0.1, -0.05) is 30.3 Å². The molecule has 3 heteroatoms. The summed E-state index contributed by atoms with van der Waals surface area (Å²) >= 11 is 0. The molecule has 0 aliphatic carbocycles. The molecule has 0 amide bonds. The number of fused-ring (bicyclic) bond motifs is 1. The minimum absolute atomic E-state index is 0.682. The van der Waals surface area contributed by atoms with Crippen LogP contribution in [0.25, 0.3) is 10.8 Å². The van der Waals surface area contributed by atoms with Gasteiger partial charge in [-0.05, 0) is 41.6 Å². The number of aryl methyl sites for hydroxylation is 1. The summed E-state index contributed by atoms with van der Waals surface area (Å²) in [5.41, 5.74) is 2.51. The Hall–Kier alpha value is -2.39. The predicted octanol–water partition coefficient (Wildman–Crippen LogP) is 3.63. The molecule has 1 atom stereocenters. The monoisotopic (exact) mass is 279 g/mol. The Labute approximate surface area is 123 Å². The van der Waals surface area contributed by atoms with Gasteiger partial charge < -0.3 is 9.84 Å². The molecule has 106 valence electrons. The number of hydrogen-bond donors (Lipinski definition) is 1. The van der Waals surface area contributed by atoms with E-state index in [0.29, 0.717) is 5.69 Å². The fourth-order valence-corrected chi connectivity index (χ4v) is 2.59. The number of rotatable bonds is 3. The van der Waals surface area contributed by atoms with E-state index in [-0.39, 0.29) is 0 Å². The predicted molar refractivity (Wildman–Crippen MR) is 83.5 cm³/mol. The summed E-state index contributed by atoms with van der Waals surface area (Å²) in [7, 11) is 1.64. The Kier molecular flexibility index (Phi) is 3.59. The minimum Gasteiger partial charge on any atom is -0.497 e. The molecule has 1 aromatic heterocycles. The first-order valence-corrected chi connectivity index (χ1v) is 6.87. The summed E-state index contributed by atoms with van der Waals surface area (Å²) in [5, 5.41) is 12.8. The third-order valence-corrected chi connectivity index (χ3v) is 3.74. The summed E-state index contributed by atoms with van der Waals surface area (Å²) in [6.45, 7) is 1.96. The maximum Gasteiger partial charge on any atom is 0.122 e. The smallest absolute Gasteiger partial charge is 0.122 e. The van der Waals surface area contributed by atoms with Crippen LogP contribution >= 0.6 is 0 Å². The molecule has 3 rings (SSSR count). The largest absolute Gasteiger partial charge is 0.497 e. The van der Waals surface area contributed by atoms with Crippen LogP contribution in [-0.4, -0.2) is 17.2 Å². The van der Waals surface area contributed by atoms with Gasteiger partial charge in [0.1, 0.15) is 11.9 Å². The molecular weight excluding hydrogens is 262 g/mol. The van der Waals surface area contributed by atoms with E-state index in [1.807, 2.05) is 55.5 Å². The molecule has 0 spiro atoms. The number of methoxy groups -OCH3 is 1. The van der Waals surface area contributed by atoms with Crippen molar-refractivity contribution in [3.05, 3.63) is 71.5 Å². The topological polar surface area (TPSA) is 42.4 Å². The van der Waals surface area contributed by atoms with Crippen LogP contribution < -0.4 is 4.74 Å². The molecule has 0 radical (unpaired) electrons. The van der Waals surface area contributed by atoms with Crippen molar-refractivity contribution in [2.75, 3.05) is 7.11 Å². The van der Waals surface area contributed by atoms with Gasteiger partial charge in [0.2, 0.25) is 0 Å². The van der Waals surface area contributed by atoms with E-state index in [0.717, 1.165) is 27.6 Å². The highest BCUT2D eigenvalue weighted by molar-refractivity contribution is 5.84. The fourth-order valence-electron chi connectivity index (χ4n) is 2.59. The Morgan fingerprint density at radius 1 is 1.10 bits per heavy atom. The molecule has 2 aromatic carbocycles. The van der Waals surface area contributed by atoms with Gasteiger partial charge in [0.05, 0.1) is 12.8 Å². The lowest BCUT2D eigenvalue weighted by Crippen LogP contribution is -2.05. The van der Waals surface area contributed by atoms with Gasteiger partial charge in [0.25, 0.3) is 0 Å². The maximum atomic E-state index is 10.7. The summed E-state index contributed by atoms with van der Waals surface area (Å²) in [5.74, 6) is 0.786. The fraction of sp³-hybridized carbons (Fsp3) is 0.167. The Morgan fingerprint density at radius 3 is 2.67 bits per heavy atom. The van der Waals surface area contributed by atoms with Crippen LogP contribution in [0.5, 0.6) is 5.75 Å². The van der Waals surface area contributed by atoms with E-state index >= 15 is 0 Å². The Bertz CT molecular complexity index is 778. The third kappa shape index (κ3) is 2.48. The normalized spacial score (nSPS) is 12.3. The average molecular weight is 279 g/mol. The van der Waals surface area contributed by atoms with Crippen LogP contribution in [0, 0.1) is 6.92 Å². The van der Waals surface area contributed by atoms with Crippen LogP contribution in [0.4, 0.5) is 0 Å². The molecular formula is C18H17NO2. The molecule has 21 heavy (non-hydrogen) atoms. The highest BCUT2D eigenvalue weighted by Crippen LogP contribution is 2.30. The summed E-state index contributed by atoms with van der Waals surface area (Å²) in [4.78, 5) is 4.39. The summed E-state index contributed by atoms with van der Waals surface area (Å²) in [6.07, 6.45) is 0.988. The van der Waals surface area contributed by atoms with E-state index in [9.17, 15) is 5.11 Å². The second kappa shape index (κ2) is 5.54. The summed E-state index contributed by atoms with van der Waals surface area (Å²) in [6, 6.07) is 15.6. The van der Waals surface area contributed by atoms with Crippen LogP contribution in [-0.2, 0) is 0 Å². The third-order valence-electron chi connectivity index (χ3n) is 3.74. The van der Waals surface area contributed by atoms with Gasteiger partial charge in [0, 0.05) is 11.6 Å². The van der Waals surface area contributed by atoms with E-state index < -0.39 is 6.10 Å². The number of benzene rings is 2. The SMILES string of the molecule is COc1ccc(C(O)c2nccc3ccccc23)c(C)c1. The summed E-state index contributed by atoms with van der Waals surface area (Å²) < 4.78 is 5.21. The number of hydrogen-bond acceptors (Lipinski definition) is 3. The Balaban J connectivity index is 2.10. The first kappa shape index (κ1) is 13.6. The number of aromatic nitrogens is 1. The quantitative estimate of drug-likeness (QED) is 0.796. The zero-order valence-corrected chi connectivity index (χ0v) is 12.1. The van der Waals surface area contributed by atoms with Crippen LogP contribution in [0.3, 0.4) is 0 Å². The van der Waals surface area contributed by atoms with Gasteiger partial charge in [-0.3, -0.25) is 4.98 Å². The lowest BCUT2D eigenvalue weighted by Gasteiger charge is -2.16. The van der Waals surface area contributed by atoms with Crippen molar-refractivity contribution >= 4 is 10.8 Å². The van der Waals surface area contributed by atoms with Crippen molar-refractivity contribution in [2.45, 2.75) is 13.0 Å². The second-order valence-electron chi connectivity index (χ2n) is 5.04. The van der Waals surface area contributed by atoms with Crippen molar-refractivity contribution in [2.24, 2.45) is 0 Å². The molecule has 1 N–H and O–H groups in total. The lowest BCUT2D eigenvalue weighted by atomic mass is 9.97. The van der Waals surface area contributed by atoms with Crippen LogP contribution in [0.15, 0.2) is 54.7 Å². The lowest BCUT2D eigenvalue weighted by molar-refractivity contribution is 0.216. The van der Waals surface area contributed by atoms with Crippen LogP contribution in [0.1, 0.15) is 22.9 Å². The van der Waals surface area contributed by atoms with E-state index in [1.54, 1.807) is 13.3 Å². The maximum absolute atomic E-state index is 10.7. The first-order valence-electron chi connectivity index (χ1n) is 6.87. The van der Waals surface area contributed by atoms with Gasteiger partial charge in [-0.15, -0.1) is 0 Å². The number of aliphatic hydroxyl groups is 1. The molecule has 3 nitrogen and oxygen atoms in total. The molecule has 0 bridgehead atoms. The molecule has 1 heterocycles. The molecule has 1 unspecified atom stereocenters. The van der Waals surface area contributed by atoms with Gasteiger partial charge in [0.15, 0.2) is 0 Å². The van der Waals surface area contributed by atoms with Crippen molar-refractivity contribution in [1.29, 1.82) is 0 Å². The molecule has 3 aromatic rings. The molecule has 0 saturated heterocycles. The van der Waals surface area contributed by atoms with E-state index in [2.05, 4.69) is 4.98 Å². The zero-order chi connectivity index (χ0) is 14.8. The van der Waals surface area contributed by atoms with E-state index in [4.69, 9.17) is 4.74 Å². The Morgan fingerprint density at radius 2 is 1.90 bits per heavy atom. The van der Waals surface area contributed by atoms with E-state index in [1.165, 1.54) is 0 Å². The number of aliphatic hydroxyl groups excluding tert-OH is 1. The second-order valence-corrected chi connectivity index (χ2v) is 5.04. The molecule has 0 fully saturated rings. The zero-order valence-electron chi connectivity index (χ0n) is 12.1. The van der Waals surface area contributed by atoms with Crippen LogP contribution in [0.2, 0.25) is 0 Å². The molecule has 0 aliphatic rings. The highest BCUT2D eigenvalue weighted by atomic mass is 16.5.